The first kappa shape index (κ1) is 18.7. The van der Waals surface area contributed by atoms with Crippen molar-refractivity contribution in [1.82, 2.24) is 15.0 Å². The molecule has 1 aliphatic heterocycles. The fourth-order valence-corrected chi connectivity index (χ4v) is 2.96. The van der Waals surface area contributed by atoms with E-state index in [1.165, 1.54) is 17.1 Å². The molecule has 8 heteroatoms. The molecule has 2 heterocycles. The zero-order chi connectivity index (χ0) is 20.2. The number of hydrogen-bond acceptors (Lipinski definition) is 6. The molecule has 4 rings (SSSR count). The summed E-state index contributed by atoms with van der Waals surface area (Å²) >= 11 is 0. The van der Waals surface area contributed by atoms with Crippen LogP contribution in [0.25, 0.3) is 0 Å². The van der Waals surface area contributed by atoms with Gasteiger partial charge in [-0.1, -0.05) is 18.2 Å². The molecule has 1 N–H and O–H groups in total. The molecular formula is C21H20FN5O2. The molecule has 0 aliphatic carbocycles. The molecule has 1 aliphatic rings. The number of anilines is 2. The van der Waals surface area contributed by atoms with Gasteiger partial charge in [-0.05, 0) is 42.5 Å². The lowest BCUT2D eigenvalue weighted by molar-refractivity contribution is 0.0825. The molecule has 1 fully saturated rings. The number of hydrazine groups is 1. The molecule has 1 saturated heterocycles. The summed E-state index contributed by atoms with van der Waals surface area (Å²) in [5.41, 5.74) is 3.48. The van der Waals surface area contributed by atoms with Crippen LogP contribution in [0, 0.1) is 5.82 Å². The molecule has 0 unspecified atom stereocenters. The molecule has 148 valence electrons. The number of nitrogens with one attached hydrogen (secondary N) is 1. The minimum absolute atomic E-state index is 0.00849. The number of hydrogen-bond donors (Lipinski definition) is 1. The highest BCUT2D eigenvalue weighted by Gasteiger charge is 2.30. The summed E-state index contributed by atoms with van der Waals surface area (Å²) in [6.07, 6.45) is 1.65. The first-order chi connectivity index (χ1) is 14.1. The van der Waals surface area contributed by atoms with Crippen molar-refractivity contribution in [3.63, 3.8) is 0 Å². The lowest BCUT2D eigenvalue weighted by Crippen LogP contribution is -2.54. The third-order valence-electron chi connectivity index (χ3n) is 4.52. The largest absolute Gasteiger partial charge is 0.487 e. The first-order valence-electron chi connectivity index (χ1n) is 9.18. The van der Waals surface area contributed by atoms with Crippen molar-refractivity contribution in [3.05, 3.63) is 78.2 Å². The van der Waals surface area contributed by atoms with Crippen molar-refractivity contribution >= 4 is 17.7 Å². The summed E-state index contributed by atoms with van der Waals surface area (Å²) < 4.78 is 18.8. The Hall–Kier alpha value is -3.68. The highest BCUT2D eigenvalue weighted by Crippen LogP contribution is 2.23. The molecule has 29 heavy (non-hydrogen) atoms. The van der Waals surface area contributed by atoms with E-state index in [0.717, 1.165) is 5.82 Å². The van der Waals surface area contributed by atoms with Gasteiger partial charge in [0.15, 0.2) is 0 Å². The van der Waals surface area contributed by atoms with Crippen LogP contribution in [-0.2, 0) is 0 Å². The van der Waals surface area contributed by atoms with Gasteiger partial charge < -0.3 is 9.64 Å². The molecule has 0 saturated carbocycles. The van der Waals surface area contributed by atoms with Gasteiger partial charge in [0.25, 0.3) is 5.91 Å². The van der Waals surface area contributed by atoms with Crippen molar-refractivity contribution in [3.8, 4) is 5.75 Å². The van der Waals surface area contributed by atoms with Crippen molar-refractivity contribution in [2.75, 3.05) is 30.5 Å². The van der Waals surface area contributed by atoms with Gasteiger partial charge in [0.05, 0.1) is 13.1 Å². The van der Waals surface area contributed by atoms with Gasteiger partial charge in [0, 0.05) is 18.8 Å². The molecule has 0 radical (unpaired) electrons. The Kier molecular flexibility index (Phi) is 5.24. The Bertz CT molecular complexity index is 978. The fraction of sp³-hybridized carbons (Fsp3) is 0.190. The Balaban J connectivity index is 1.33. The highest BCUT2D eigenvalue weighted by molar-refractivity contribution is 5.94. The number of aromatic nitrogens is 2. The van der Waals surface area contributed by atoms with Crippen molar-refractivity contribution in [1.29, 1.82) is 0 Å². The predicted octanol–water partition coefficient (Wildman–Crippen LogP) is 2.98. The van der Waals surface area contributed by atoms with Gasteiger partial charge in [0.2, 0.25) is 5.95 Å². The molecule has 3 aromatic rings. The average molecular weight is 393 g/mol. The van der Waals surface area contributed by atoms with E-state index in [2.05, 4.69) is 15.4 Å². The van der Waals surface area contributed by atoms with Crippen LogP contribution in [0.1, 0.15) is 10.4 Å². The number of carbonyl (C=O) groups is 1. The minimum atomic E-state index is -0.288. The maximum Gasteiger partial charge on any atom is 0.272 e. The minimum Gasteiger partial charge on any atom is -0.487 e. The van der Waals surface area contributed by atoms with Crippen molar-refractivity contribution < 1.29 is 13.9 Å². The second-order valence-electron chi connectivity index (χ2n) is 6.68. The Morgan fingerprint density at radius 3 is 2.59 bits per heavy atom. The van der Waals surface area contributed by atoms with Crippen molar-refractivity contribution in [2.45, 2.75) is 6.10 Å². The Morgan fingerprint density at radius 2 is 1.86 bits per heavy atom. The molecule has 2 aromatic carbocycles. The van der Waals surface area contributed by atoms with Crippen LogP contribution >= 0.6 is 0 Å². The molecule has 0 bridgehead atoms. The van der Waals surface area contributed by atoms with Gasteiger partial charge in [0.1, 0.15) is 23.5 Å². The standard InChI is InChI=1S/C21H20FN5O2/c1-26(20(28)15-5-3-2-4-6-15)25-21-23-12-11-19(24-21)27-13-18(14-27)29-17-9-7-16(22)8-10-17/h2-12,18H,13-14H2,1H3,(H,23,24,25). The third kappa shape index (κ3) is 4.43. The second-order valence-corrected chi connectivity index (χ2v) is 6.68. The molecule has 7 nitrogen and oxygen atoms in total. The summed E-state index contributed by atoms with van der Waals surface area (Å²) in [6, 6.07) is 16.8. The van der Waals surface area contributed by atoms with E-state index in [-0.39, 0.29) is 17.8 Å². The average Bonchev–Trinajstić information content (AvgIpc) is 2.72. The maximum atomic E-state index is 13.0. The van der Waals surface area contributed by atoms with Crippen LogP contribution in [0.4, 0.5) is 16.2 Å². The lowest BCUT2D eigenvalue weighted by Gasteiger charge is -2.39. The van der Waals surface area contributed by atoms with Gasteiger partial charge in [-0.2, -0.15) is 4.98 Å². The van der Waals surface area contributed by atoms with E-state index in [1.54, 1.807) is 43.6 Å². The van der Waals surface area contributed by atoms with Crippen LogP contribution < -0.4 is 15.1 Å². The smallest absolute Gasteiger partial charge is 0.272 e. The van der Waals surface area contributed by atoms with E-state index >= 15 is 0 Å². The summed E-state index contributed by atoms with van der Waals surface area (Å²) in [4.78, 5) is 23.1. The first-order valence-corrected chi connectivity index (χ1v) is 9.18. The molecule has 0 atom stereocenters. The number of amides is 1. The number of nitrogens with zero attached hydrogens (tertiary/aromatic N) is 4. The molecular weight excluding hydrogens is 373 g/mol. The SMILES string of the molecule is CN(Nc1nccc(N2CC(Oc3ccc(F)cc3)C2)n1)C(=O)c1ccccc1. The number of halogens is 1. The monoisotopic (exact) mass is 393 g/mol. The van der Waals surface area contributed by atoms with E-state index in [9.17, 15) is 9.18 Å². The summed E-state index contributed by atoms with van der Waals surface area (Å²) in [5.74, 6) is 1.24. The summed E-state index contributed by atoms with van der Waals surface area (Å²) in [5, 5.41) is 1.35. The van der Waals surface area contributed by atoms with E-state index in [1.807, 2.05) is 23.1 Å². The second kappa shape index (κ2) is 8.14. The van der Waals surface area contributed by atoms with Crippen LogP contribution in [0.3, 0.4) is 0 Å². The zero-order valence-electron chi connectivity index (χ0n) is 15.8. The predicted molar refractivity (Wildman–Crippen MR) is 107 cm³/mol. The highest BCUT2D eigenvalue weighted by atomic mass is 19.1. The molecule has 1 aromatic heterocycles. The quantitative estimate of drug-likeness (QED) is 0.650. The number of rotatable bonds is 6. The van der Waals surface area contributed by atoms with Crippen LogP contribution in [0.5, 0.6) is 5.75 Å². The number of carbonyl (C=O) groups excluding carboxylic acids is 1. The molecule has 0 spiro atoms. The topological polar surface area (TPSA) is 70.6 Å². The van der Waals surface area contributed by atoms with Gasteiger partial charge in [-0.3, -0.25) is 15.2 Å². The summed E-state index contributed by atoms with van der Waals surface area (Å²) in [7, 11) is 1.63. The Labute approximate surface area is 167 Å². The van der Waals surface area contributed by atoms with Gasteiger partial charge >= 0.3 is 0 Å². The zero-order valence-corrected chi connectivity index (χ0v) is 15.8. The maximum absolute atomic E-state index is 13.0. The van der Waals surface area contributed by atoms with Crippen LogP contribution in [0.2, 0.25) is 0 Å². The fourth-order valence-electron chi connectivity index (χ4n) is 2.96. The number of benzene rings is 2. The van der Waals surface area contributed by atoms with Crippen LogP contribution in [0.15, 0.2) is 66.9 Å². The van der Waals surface area contributed by atoms with Crippen LogP contribution in [-0.4, -0.2) is 47.1 Å². The molecule has 1 amide bonds. The number of ether oxygens (including phenoxy) is 1. The lowest BCUT2D eigenvalue weighted by atomic mass is 10.1. The Morgan fingerprint density at radius 1 is 1.14 bits per heavy atom. The van der Waals surface area contributed by atoms with E-state index in [4.69, 9.17) is 4.74 Å². The normalized spacial score (nSPS) is 13.5. The van der Waals surface area contributed by atoms with E-state index < -0.39 is 0 Å². The summed E-state index contributed by atoms with van der Waals surface area (Å²) in [6.45, 7) is 1.32. The van der Waals surface area contributed by atoms with Gasteiger partial charge in [-0.25, -0.2) is 9.37 Å². The van der Waals surface area contributed by atoms with Gasteiger partial charge in [-0.15, -0.1) is 0 Å². The van der Waals surface area contributed by atoms with Crippen molar-refractivity contribution in [2.24, 2.45) is 0 Å². The third-order valence-corrected chi connectivity index (χ3v) is 4.52. The van der Waals surface area contributed by atoms with E-state index in [0.29, 0.717) is 30.4 Å².